The molecule has 0 aromatic heterocycles. The van der Waals surface area contributed by atoms with E-state index >= 15 is 0 Å². The Morgan fingerprint density at radius 1 is 1.40 bits per heavy atom. The first kappa shape index (κ1) is 10.5. The topological polar surface area (TPSA) is 29.5 Å². The van der Waals surface area contributed by atoms with Crippen LogP contribution in [0, 0.1) is 0 Å². The van der Waals surface area contributed by atoms with E-state index in [9.17, 15) is 5.11 Å². The van der Waals surface area contributed by atoms with Crippen LogP contribution in [0.15, 0.2) is 18.2 Å². The van der Waals surface area contributed by atoms with Gasteiger partial charge in [-0.25, -0.2) is 0 Å². The number of hydrogen-bond donors (Lipinski definition) is 1. The predicted octanol–water partition coefficient (Wildman–Crippen LogP) is 3.02. The van der Waals surface area contributed by atoms with Crippen molar-refractivity contribution in [2.45, 2.75) is 38.7 Å². The van der Waals surface area contributed by atoms with Gasteiger partial charge in [0, 0.05) is 5.56 Å². The van der Waals surface area contributed by atoms with Gasteiger partial charge < -0.3 is 9.84 Å². The average molecular weight is 206 g/mol. The molecule has 1 aliphatic rings. The molecule has 1 aromatic carbocycles. The minimum absolute atomic E-state index is 0.360. The van der Waals surface area contributed by atoms with Gasteiger partial charge in [0.1, 0.15) is 5.75 Å². The molecule has 1 heterocycles. The lowest BCUT2D eigenvalue weighted by atomic mass is 9.96. The van der Waals surface area contributed by atoms with Gasteiger partial charge in [0.2, 0.25) is 0 Å². The minimum Gasteiger partial charge on any atom is -0.493 e. The van der Waals surface area contributed by atoms with E-state index in [-0.39, 0.29) is 6.10 Å². The van der Waals surface area contributed by atoms with Crippen LogP contribution >= 0.6 is 0 Å². The third-order valence-electron chi connectivity index (χ3n) is 2.93. The molecule has 2 rings (SSSR count). The molecule has 2 heteroatoms. The van der Waals surface area contributed by atoms with E-state index in [4.69, 9.17) is 4.74 Å². The number of aliphatic hydroxyl groups excluding tert-OH is 1. The lowest BCUT2D eigenvalue weighted by Crippen LogP contribution is -2.01. The van der Waals surface area contributed by atoms with Crippen molar-refractivity contribution >= 4 is 0 Å². The highest BCUT2D eigenvalue weighted by Crippen LogP contribution is 2.37. The largest absolute Gasteiger partial charge is 0.493 e. The van der Waals surface area contributed by atoms with Crippen molar-refractivity contribution in [3.05, 3.63) is 29.3 Å². The third kappa shape index (κ3) is 2.00. The van der Waals surface area contributed by atoms with Crippen LogP contribution in [0.2, 0.25) is 0 Å². The van der Waals surface area contributed by atoms with Crippen LogP contribution < -0.4 is 4.74 Å². The fraction of sp³-hybridized carbons (Fsp3) is 0.538. The molecule has 0 radical (unpaired) electrons. The monoisotopic (exact) mass is 206 g/mol. The quantitative estimate of drug-likeness (QED) is 0.765. The van der Waals surface area contributed by atoms with Crippen molar-refractivity contribution in [3.8, 4) is 5.75 Å². The van der Waals surface area contributed by atoms with Crippen LogP contribution in [0.25, 0.3) is 0 Å². The summed E-state index contributed by atoms with van der Waals surface area (Å²) in [6.45, 7) is 5.01. The first-order chi connectivity index (χ1) is 7.20. The zero-order valence-corrected chi connectivity index (χ0v) is 9.36. The SMILES string of the molecule is CC(C)c1cccc2c1OCCC[C@@H]2O. The maximum absolute atomic E-state index is 9.97. The maximum Gasteiger partial charge on any atom is 0.128 e. The van der Waals surface area contributed by atoms with Crippen molar-refractivity contribution in [3.63, 3.8) is 0 Å². The van der Waals surface area contributed by atoms with Gasteiger partial charge in [-0.15, -0.1) is 0 Å². The van der Waals surface area contributed by atoms with Crippen molar-refractivity contribution in [2.24, 2.45) is 0 Å². The molecule has 1 atom stereocenters. The van der Waals surface area contributed by atoms with Gasteiger partial charge in [0.05, 0.1) is 12.7 Å². The van der Waals surface area contributed by atoms with E-state index in [1.807, 2.05) is 12.1 Å². The lowest BCUT2D eigenvalue weighted by molar-refractivity contribution is 0.167. The molecule has 2 nitrogen and oxygen atoms in total. The number of rotatable bonds is 1. The van der Waals surface area contributed by atoms with Gasteiger partial charge in [0.25, 0.3) is 0 Å². The molecule has 1 aromatic rings. The average Bonchev–Trinajstić information content (AvgIpc) is 2.40. The molecule has 1 N–H and O–H groups in total. The third-order valence-corrected chi connectivity index (χ3v) is 2.93. The highest BCUT2D eigenvalue weighted by atomic mass is 16.5. The van der Waals surface area contributed by atoms with Gasteiger partial charge in [-0.1, -0.05) is 32.0 Å². The lowest BCUT2D eigenvalue weighted by Gasteiger charge is -2.17. The Morgan fingerprint density at radius 2 is 2.20 bits per heavy atom. The zero-order chi connectivity index (χ0) is 10.8. The summed E-state index contributed by atoms with van der Waals surface area (Å²) in [6, 6.07) is 6.06. The summed E-state index contributed by atoms with van der Waals surface area (Å²) in [5.41, 5.74) is 2.16. The molecular formula is C13H18O2. The van der Waals surface area contributed by atoms with Gasteiger partial charge in [-0.05, 0) is 24.3 Å². The van der Waals surface area contributed by atoms with Gasteiger partial charge in [0.15, 0.2) is 0 Å². The standard InChI is InChI=1S/C13H18O2/c1-9(2)10-5-3-6-11-12(14)7-4-8-15-13(10)11/h3,5-6,9,12,14H,4,7-8H2,1-2H3/t12-/m0/s1. The van der Waals surface area contributed by atoms with E-state index in [1.54, 1.807) is 0 Å². The van der Waals surface area contributed by atoms with Crippen LogP contribution in [-0.2, 0) is 0 Å². The smallest absolute Gasteiger partial charge is 0.128 e. The Balaban J connectivity index is 2.48. The second-order valence-electron chi connectivity index (χ2n) is 4.43. The second kappa shape index (κ2) is 4.23. The summed E-state index contributed by atoms with van der Waals surface area (Å²) in [5.74, 6) is 1.35. The summed E-state index contributed by atoms with van der Waals surface area (Å²) in [6.07, 6.45) is 1.36. The summed E-state index contributed by atoms with van der Waals surface area (Å²) in [4.78, 5) is 0. The first-order valence-electron chi connectivity index (χ1n) is 5.64. The number of benzene rings is 1. The Bertz CT molecular complexity index is 344. The van der Waals surface area contributed by atoms with E-state index in [2.05, 4.69) is 19.9 Å². The van der Waals surface area contributed by atoms with Crippen LogP contribution in [0.5, 0.6) is 5.75 Å². The molecule has 0 fully saturated rings. The Labute approximate surface area is 90.9 Å². The fourth-order valence-corrected chi connectivity index (χ4v) is 2.06. The van der Waals surface area contributed by atoms with Gasteiger partial charge in [-0.3, -0.25) is 0 Å². The summed E-state index contributed by atoms with van der Waals surface area (Å²) in [7, 11) is 0. The molecule has 0 aliphatic carbocycles. The molecule has 1 aliphatic heterocycles. The van der Waals surface area contributed by atoms with Crippen LogP contribution in [0.4, 0.5) is 0 Å². The van der Waals surface area contributed by atoms with Crippen LogP contribution in [-0.4, -0.2) is 11.7 Å². The molecule has 15 heavy (non-hydrogen) atoms. The predicted molar refractivity (Wildman–Crippen MR) is 60.2 cm³/mol. The van der Waals surface area contributed by atoms with E-state index in [1.165, 1.54) is 5.56 Å². The van der Waals surface area contributed by atoms with Crippen molar-refractivity contribution in [1.82, 2.24) is 0 Å². The molecule has 82 valence electrons. The number of aliphatic hydroxyl groups is 1. The highest BCUT2D eigenvalue weighted by molar-refractivity contribution is 5.44. The van der Waals surface area contributed by atoms with E-state index in [0.29, 0.717) is 12.5 Å². The summed E-state index contributed by atoms with van der Waals surface area (Å²) in [5, 5.41) is 9.97. The second-order valence-corrected chi connectivity index (χ2v) is 4.43. The zero-order valence-electron chi connectivity index (χ0n) is 9.36. The van der Waals surface area contributed by atoms with Crippen molar-refractivity contribution < 1.29 is 9.84 Å². The molecule has 0 saturated carbocycles. The molecule has 0 unspecified atom stereocenters. The summed E-state index contributed by atoms with van der Waals surface area (Å²) >= 11 is 0. The van der Waals surface area contributed by atoms with Crippen molar-refractivity contribution in [2.75, 3.05) is 6.61 Å². The van der Waals surface area contributed by atoms with Gasteiger partial charge >= 0.3 is 0 Å². The van der Waals surface area contributed by atoms with Crippen LogP contribution in [0.3, 0.4) is 0 Å². The molecule has 0 bridgehead atoms. The highest BCUT2D eigenvalue weighted by Gasteiger charge is 2.20. The first-order valence-corrected chi connectivity index (χ1v) is 5.64. The molecule has 0 spiro atoms. The Kier molecular flexibility index (Phi) is 2.96. The number of para-hydroxylation sites is 1. The number of hydrogen-bond acceptors (Lipinski definition) is 2. The van der Waals surface area contributed by atoms with Crippen molar-refractivity contribution in [1.29, 1.82) is 0 Å². The number of ether oxygens (including phenoxy) is 1. The molecular weight excluding hydrogens is 188 g/mol. The Morgan fingerprint density at radius 3 is 2.93 bits per heavy atom. The van der Waals surface area contributed by atoms with Gasteiger partial charge in [-0.2, -0.15) is 0 Å². The molecule has 0 saturated heterocycles. The fourth-order valence-electron chi connectivity index (χ4n) is 2.06. The van der Waals surface area contributed by atoms with Crippen LogP contribution in [0.1, 0.15) is 49.8 Å². The van der Waals surface area contributed by atoms with E-state index in [0.717, 1.165) is 24.2 Å². The number of fused-ring (bicyclic) bond motifs is 1. The normalized spacial score (nSPS) is 20.7. The Hall–Kier alpha value is -1.02. The minimum atomic E-state index is -0.360. The van der Waals surface area contributed by atoms with E-state index < -0.39 is 0 Å². The molecule has 0 amide bonds. The maximum atomic E-state index is 9.97. The summed E-state index contributed by atoms with van der Waals surface area (Å²) < 4.78 is 5.75.